The molecule has 1 saturated carbocycles. The lowest BCUT2D eigenvalue weighted by Crippen LogP contribution is -2.35. The number of hydrogen-bond acceptors (Lipinski definition) is 7. The van der Waals surface area contributed by atoms with Crippen LogP contribution in [0.2, 0.25) is 0 Å². The summed E-state index contributed by atoms with van der Waals surface area (Å²) in [6, 6.07) is 32.8. The number of aliphatic carboxylic acids is 1. The summed E-state index contributed by atoms with van der Waals surface area (Å²) in [7, 11) is 0. The first-order valence-electron chi connectivity index (χ1n) is 14.4. The smallest absolute Gasteiger partial charge is 0.306 e. The Balaban J connectivity index is 1.08. The molecule has 0 unspecified atom stereocenters. The molecular weight excluding hydrogens is 577 g/mol. The Morgan fingerprint density at radius 1 is 0.698 bits per heavy atom. The Hall–Kier alpha value is -4.27. The summed E-state index contributed by atoms with van der Waals surface area (Å²) < 4.78 is 14.5. The van der Waals surface area contributed by atoms with Gasteiger partial charge in [-0.05, 0) is 85.3 Å². The van der Waals surface area contributed by atoms with Crippen LogP contribution in [0.4, 0.5) is 0 Å². The number of fused-ring (bicyclic) bond motifs is 2. The number of carboxylic acid groups (broad SMARTS) is 1. The second kappa shape index (κ2) is 11.8. The van der Waals surface area contributed by atoms with Crippen LogP contribution in [0, 0.1) is 5.92 Å². The highest BCUT2D eigenvalue weighted by Gasteiger charge is 2.40. The van der Waals surface area contributed by atoms with Gasteiger partial charge in [0.25, 0.3) is 0 Å². The number of ether oxygens (including phenoxy) is 2. The number of aromatic nitrogens is 2. The first kappa shape index (κ1) is 27.6. The standard InChI is InChI=1S/C35H30N2O4S2/c38-34(39)23-17-19-35(20-18-23,24-9-13-26(14-10-24)40-21-32-36-28-5-1-3-7-30(28)42-32)25-11-15-27(16-12-25)41-22-33-37-29-6-2-4-8-31(29)43-33/h1-16,23H,17-22H2,(H,38,39). The molecule has 6 nitrogen and oxygen atoms in total. The van der Waals surface area contributed by atoms with Crippen LogP contribution in [0.5, 0.6) is 11.5 Å². The van der Waals surface area contributed by atoms with Crippen molar-refractivity contribution in [1.29, 1.82) is 0 Å². The Morgan fingerprint density at radius 3 is 1.56 bits per heavy atom. The molecule has 8 heteroatoms. The molecule has 4 aromatic carbocycles. The van der Waals surface area contributed by atoms with Crippen molar-refractivity contribution < 1.29 is 19.4 Å². The molecule has 2 aromatic heterocycles. The van der Waals surface area contributed by atoms with E-state index in [1.165, 1.54) is 11.1 Å². The second-order valence-corrected chi connectivity index (χ2v) is 13.2. The zero-order chi connectivity index (χ0) is 29.2. The van der Waals surface area contributed by atoms with E-state index >= 15 is 0 Å². The van der Waals surface area contributed by atoms with Crippen molar-refractivity contribution in [3.8, 4) is 11.5 Å². The quantitative estimate of drug-likeness (QED) is 0.177. The van der Waals surface area contributed by atoms with Crippen molar-refractivity contribution in [2.24, 2.45) is 5.92 Å². The van der Waals surface area contributed by atoms with Gasteiger partial charge in [0.15, 0.2) is 0 Å². The van der Waals surface area contributed by atoms with Crippen LogP contribution in [-0.4, -0.2) is 21.0 Å². The number of hydrogen-bond donors (Lipinski definition) is 1. The molecule has 0 radical (unpaired) electrons. The molecule has 0 amide bonds. The fraction of sp³-hybridized carbons (Fsp3) is 0.229. The number of benzene rings is 4. The lowest BCUT2D eigenvalue weighted by Gasteiger charge is -2.40. The van der Waals surface area contributed by atoms with E-state index in [2.05, 4.69) is 46.4 Å². The molecule has 0 saturated heterocycles. The molecule has 7 rings (SSSR count). The zero-order valence-corrected chi connectivity index (χ0v) is 25.1. The van der Waals surface area contributed by atoms with Gasteiger partial charge in [0.05, 0.1) is 26.4 Å². The van der Waals surface area contributed by atoms with Gasteiger partial charge in [-0.2, -0.15) is 0 Å². The fourth-order valence-electron chi connectivity index (χ4n) is 6.10. The molecule has 0 spiro atoms. The molecule has 0 aliphatic heterocycles. The van der Waals surface area contributed by atoms with Gasteiger partial charge in [-0.3, -0.25) is 4.79 Å². The van der Waals surface area contributed by atoms with Gasteiger partial charge in [0, 0.05) is 5.41 Å². The van der Waals surface area contributed by atoms with E-state index in [1.807, 2.05) is 60.7 Å². The summed E-state index contributed by atoms with van der Waals surface area (Å²) >= 11 is 3.30. The number of carboxylic acids is 1. The molecule has 2 heterocycles. The van der Waals surface area contributed by atoms with Crippen LogP contribution in [-0.2, 0) is 23.4 Å². The Kier molecular flexibility index (Phi) is 7.55. The normalized spacial score (nSPS) is 15.1. The maximum absolute atomic E-state index is 11.8. The van der Waals surface area contributed by atoms with E-state index in [0.29, 0.717) is 26.1 Å². The monoisotopic (exact) mass is 606 g/mol. The van der Waals surface area contributed by atoms with Crippen LogP contribution in [0.15, 0.2) is 97.1 Å². The number of para-hydroxylation sites is 2. The van der Waals surface area contributed by atoms with Crippen LogP contribution in [0.3, 0.4) is 0 Å². The van der Waals surface area contributed by atoms with Crippen molar-refractivity contribution in [2.45, 2.75) is 44.3 Å². The maximum atomic E-state index is 11.8. The van der Waals surface area contributed by atoms with Crippen LogP contribution in [0.25, 0.3) is 20.4 Å². The SMILES string of the molecule is O=C(O)C1CCC(c2ccc(OCc3nc4ccccc4s3)cc2)(c2ccc(OCc3nc4ccccc4s3)cc2)CC1. The minimum Gasteiger partial charge on any atom is -0.486 e. The van der Waals surface area contributed by atoms with Crippen LogP contribution < -0.4 is 9.47 Å². The highest BCUT2D eigenvalue weighted by atomic mass is 32.1. The number of rotatable bonds is 9. The molecule has 1 N–H and O–H groups in total. The van der Waals surface area contributed by atoms with Gasteiger partial charge in [0.2, 0.25) is 0 Å². The molecular formula is C35H30N2O4S2. The first-order chi connectivity index (χ1) is 21.1. The van der Waals surface area contributed by atoms with Gasteiger partial charge in [0.1, 0.15) is 34.7 Å². The first-order valence-corrected chi connectivity index (χ1v) is 16.1. The summed E-state index contributed by atoms with van der Waals surface area (Å²) in [5, 5.41) is 11.6. The molecule has 1 aliphatic carbocycles. The second-order valence-electron chi connectivity index (χ2n) is 11.0. The van der Waals surface area contributed by atoms with Crippen molar-refractivity contribution >= 4 is 49.1 Å². The Morgan fingerprint density at radius 2 is 1.14 bits per heavy atom. The van der Waals surface area contributed by atoms with E-state index in [1.54, 1.807) is 22.7 Å². The maximum Gasteiger partial charge on any atom is 0.306 e. The van der Waals surface area contributed by atoms with Gasteiger partial charge in [-0.15, -0.1) is 22.7 Å². The minimum absolute atomic E-state index is 0.275. The zero-order valence-electron chi connectivity index (χ0n) is 23.4. The lowest BCUT2D eigenvalue weighted by molar-refractivity contribution is -0.143. The molecule has 6 aromatic rings. The van der Waals surface area contributed by atoms with E-state index in [4.69, 9.17) is 9.47 Å². The largest absolute Gasteiger partial charge is 0.486 e. The number of nitrogens with zero attached hydrogens (tertiary/aromatic N) is 2. The minimum atomic E-state index is -0.703. The van der Waals surface area contributed by atoms with E-state index < -0.39 is 5.97 Å². The highest BCUT2D eigenvalue weighted by Crippen LogP contribution is 2.47. The summed E-state index contributed by atoms with van der Waals surface area (Å²) in [6.45, 7) is 0.839. The van der Waals surface area contributed by atoms with Gasteiger partial charge in [-0.25, -0.2) is 9.97 Å². The fourth-order valence-corrected chi connectivity index (χ4v) is 7.86. The third-order valence-corrected chi connectivity index (χ3v) is 10.4. The summed E-state index contributed by atoms with van der Waals surface area (Å²) in [4.78, 5) is 21.1. The average molecular weight is 607 g/mol. The molecule has 43 heavy (non-hydrogen) atoms. The summed E-state index contributed by atoms with van der Waals surface area (Å²) in [5.41, 5.74) is 4.06. The van der Waals surface area contributed by atoms with Crippen LogP contribution >= 0.6 is 22.7 Å². The van der Waals surface area contributed by atoms with Crippen molar-refractivity contribution in [2.75, 3.05) is 0 Å². The predicted octanol–water partition coefficient (Wildman–Crippen LogP) is 8.62. The van der Waals surface area contributed by atoms with Crippen molar-refractivity contribution in [3.05, 3.63) is 118 Å². The van der Waals surface area contributed by atoms with Gasteiger partial charge in [-0.1, -0.05) is 48.5 Å². The summed E-state index contributed by atoms with van der Waals surface area (Å²) in [5.74, 6) is 0.568. The molecule has 1 fully saturated rings. The lowest BCUT2D eigenvalue weighted by atomic mass is 9.63. The number of carbonyl (C=O) groups is 1. The van der Waals surface area contributed by atoms with E-state index in [9.17, 15) is 9.90 Å². The van der Waals surface area contributed by atoms with E-state index in [0.717, 1.165) is 54.8 Å². The van der Waals surface area contributed by atoms with E-state index in [-0.39, 0.29) is 11.3 Å². The van der Waals surface area contributed by atoms with Crippen LogP contribution in [0.1, 0.15) is 46.8 Å². The highest BCUT2D eigenvalue weighted by molar-refractivity contribution is 7.18. The molecule has 0 bridgehead atoms. The Bertz CT molecular complexity index is 1680. The molecule has 0 atom stereocenters. The van der Waals surface area contributed by atoms with Crippen molar-refractivity contribution in [1.82, 2.24) is 9.97 Å². The topological polar surface area (TPSA) is 81.5 Å². The predicted molar refractivity (Wildman–Crippen MR) is 171 cm³/mol. The third-order valence-electron chi connectivity index (χ3n) is 8.40. The average Bonchev–Trinajstić information content (AvgIpc) is 3.67. The summed E-state index contributed by atoms with van der Waals surface area (Å²) in [6.07, 6.45) is 2.81. The van der Waals surface area contributed by atoms with Crippen molar-refractivity contribution in [3.63, 3.8) is 0 Å². The van der Waals surface area contributed by atoms with Gasteiger partial charge < -0.3 is 14.6 Å². The molecule has 1 aliphatic rings. The third kappa shape index (κ3) is 5.72. The number of thiazole rings is 2. The molecule has 216 valence electrons. The Labute approximate surface area is 257 Å². The van der Waals surface area contributed by atoms with Gasteiger partial charge >= 0.3 is 5.97 Å².